The second-order valence-corrected chi connectivity index (χ2v) is 10.0. The van der Waals surface area contributed by atoms with Crippen molar-refractivity contribution in [3.63, 3.8) is 0 Å². The third-order valence-electron chi connectivity index (χ3n) is 6.37. The molecule has 3 aliphatic rings. The van der Waals surface area contributed by atoms with E-state index in [0.29, 0.717) is 23.7 Å². The first-order chi connectivity index (χ1) is 13.7. The highest BCUT2D eigenvalue weighted by Crippen LogP contribution is 2.64. The van der Waals surface area contributed by atoms with Crippen LogP contribution in [0.3, 0.4) is 0 Å². The van der Waals surface area contributed by atoms with Crippen LogP contribution in [0.15, 0.2) is 34.1 Å². The Bertz CT molecular complexity index is 952. The molecule has 5 nitrogen and oxygen atoms in total. The van der Waals surface area contributed by atoms with Crippen molar-refractivity contribution in [2.75, 3.05) is 13.2 Å². The molecule has 5 atom stereocenters. The molecular weight excluding hydrogens is 394 g/mol. The molecule has 2 fully saturated rings. The SMILES string of the molecule is CCOC(=O)COc1ccccc1[C@H]1c2sc(=O)[nH]c2SC2C3CCC(C3)C21. The fourth-order valence-corrected chi connectivity index (χ4v) is 8.29. The summed E-state index contributed by atoms with van der Waals surface area (Å²) in [4.78, 5) is 28.2. The van der Waals surface area contributed by atoms with Crippen molar-refractivity contribution in [2.45, 2.75) is 42.4 Å². The molecule has 1 N–H and O–H groups in total. The van der Waals surface area contributed by atoms with Gasteiger partial charge in [0.25, 0.3) is 0 Å². The van der Waals surface area contributed by atoms with Gasteiger partial charge in [0.15, 0.2) is 6.61 Å². The van der Waals surface area contributed by atoms with E-state index in [1.54, 1.807) is 6.92 Å². The number of aromatic nitrogens is 1. The number of ether oxygens (including phenoxy) is 2. The summed E-state index contributed by atoms with van der Waals surface area (Å²) < 4.78 is 10.9. The Balaban J connectivity index is 1.54. The molecule has 2 heterocycles. The predicted octanol–water partition coefficient (Wildman–Crippen LogP) is 4.03. The number of aromatic amines is 1. The number of thiazole rings is 1. The highest BCUT2D eigenvalue weighted by Gasteiger charge is 2.55. The fraction of sp³-hybridized carbons (Fsp3) is 0.524. The highest BCUT2D eigenvalue weighted by atomic mass is 32.2. The van der Waals surface area contributed by atoms with Crippen molar-refractivity contribution < 1.29 is 14.3 Å². The Morgan fingerprint density at radius 2 is 2.07 bits per heavy atom. The summed E-state index contributed by atoms with van der Waals surface area (Å²) in [7, 11) is 0. The molecule has 148 valence electrons. The molecule has 1 aromatic heterocycles. The van der Waals surface area contributed by atoms with E-state index in [0.717, 1.165) is 27.1 Å². The monoisotopic (exact) mass is 417 g/mol. The summed E-state index contributed by atoms with van der Waals surface area (Å²) in [6.07, 6.45) is 3.88. The molecular formula is C21H23NO4S2. The maximum atomic E-state index is 12.2. The smallest absolute Gasteiger partial charge is 0.344 e. The van der Waals surface area contributed by atoms with E-state index in [1.807, 2.05) is 30.0 Å². The van der Waals surface area contributed by atoms with Crippen LogP contribution in [0, 0.1) is 17.8 Å². The zero-order valence-corrected chi connectivity index (χ0v) is 17.3. The van der Waals surface area contributed by atoms with Crippen LogP contribution >= 0.6 is 23.1 Å². The Kier molecular flexibility index (Phi) is 4.75. The first kappa shape index (κ1) is 18.3. The van der Waals surface area contributed by atoms with Crippen molar-refractivity contribution in [3.05, 3.63) is 44.4 Å². The summed E-state index contributed by atoms with van der Waals surface area (Å²) in [5.74, 6) is 2.48. The minimum atomic E-state index is -0.360. The predicted molar refractivity (Wildman–Crippen MR) is 109 cm³/mol. The molecule has 0 amide bonds. The number of fused-ring (bicyclic) bond motifs is 6. The van der Waals surface area contributed by atoms with Gasteiger partial charge < -0.3 is 14.5 Å². The molecule has 2 saturated carbocycles. The van der Waals surface area contributed by atoms with Crippen molar-refractivity contribution in [3.8, 4) is 5.75 Å². The van der Waals surface area contributed by atoms with Gasteiger partial charge in [0.2, 0.25) is 0 Å². The molecule has 0 spiro atoms. The van der Waals surface area contributed by atoms with Gasteiger partial charge in [0.1, 0.15) is 5.75 Å². The zero-order valence-electron chi connectivity index (χ0n) is 15.7. The Labute approximate surface area is 171 Å². The topological polar surface area (TPSA) is 68.4 Å². The van der Waals surface area contributed by atoms with E-state index in [9.17, 15) is 9.59 Å². The number of hydrogen-bond acceptors (Lipinski definition) is 6. The first-order valence-electron chi connectivity index (χ1n) is 9.92. The average molecular weight is 418 g/mol. The molecule has 4 unspecified atom stereocenters. The molecule has 1 aliphatic heterocycles. The van der Waals surface area contributed by atoms with Crippen LogP contribution in [0.2, 0.25) is 0 Å². The minimum Gasteiger partial charge on any atom is -0.482 e. The van der Waals surface area contributed by atoms with Crippen LogP contribution in [0.25, 0.3) is 0 Å². The number of hydrogen-bond donors (Lipinski definition) is 1. The van der Waals surface area contributed by atoms with Gasteiger partial charge in [-0.1, -0.05) is 29.5 Å². The number of carbonyl (C=O) groups is 1. The second-order valence-electron chi connectivity index (χ2n) is 7.81. The van der Waals surface area contributed by atoms with Crippen LogP contribution in [-0.2, 0) is 9.53 Å². The lowest BCUT2D eigenvalue weighted by Gasteiger charge is -2.40. The van der Waals surface area contributed by atoms with Gasteiger partial charge in [-0.2, -0.15) is 0 Å². The maximum Gasteiger partial charge on any atom is 0.344 e. The van der Waals surface area contributed by atoms with E-state index in [2.05, 4.69) is 11.1 Å². The minimum absolute atomic E-state index is 0.0137. The largest absolute Gasteiger partial charge is 0.482 e. The number of benzene rings is 1. The van der Waals surface area contributed by atoms with Gasteiger partial charge in [0.05, 0.1) is 11.6 Å². The number of carbonyl (C=O) groups excluding carboxylic acids is 1. The lowest BCUT2D eigenvalue weighted by atomic mass is 9.74. The molecule has 2 aromatic rings. The molecule has 2 bridgehead atoms. The average Bonchev–Trinajstić information content (AvgIpc) is 3.39. The van der Waals surface area contributed by atoms with Crippen LogP contribution in [0.4, 0.5) is 0 Å². The van der Waals surface area contributed by atoms with E-state index in [1.165, 1.54) is 30.6 Å². The van der Waals surface area contributed by atoms with Gasteiger partial charge in [-0.15, -0.1) is 11.8 Å². The lowest BCUT2D eigenvalue weighted by Crippen LogP contribution is -2.34. The van der Waals surface area contributed by atoms with E-state index < -0.39 is 0 Å². The van der Waals surface area contributed by atoms with Crippen LogP contribution in [-0.4, -0.2) is 29.4 Å². The molecule has 1 aromatic carbocycles. The summed E-state index contributed by atoms with van der Waals surface area (Å²) in [5, 5.41) is 1.59. The zero-order chi connectivity index (χ0) is 19.3. The third-order valence-corrected chi connectivity index (χ3v) is 8.99. The second kappa shape index (κ2) is 7.26. The molecule has 5 rings (SSSR count). The van der Waals surface area contributed by atoms with Gasteiger partial charge in [0, 0.05) is 21.6 Å². The summed E-state index contributed by atoms with van der Waals surface area (Å²) in [6.45, 7) is 2.04. The van der Waals surface area contributed by atoms with Crippen LogP contribution in [0.5, 0.6) is 5.75 Å². The van der Waals surface area contributed by atoms with E-state index >= 15 is 0 Å². The van der Waals surface area contributed by atoms with Gasteiger partial charge >= 0.3 is 10.8 Å². The van der Waals surface area contributed by atoms with Gasteiger partial charge in [-0.05, 0) is 50.0 Å². The van der Waals surface area contributed by atoms with Crippen molar-refractivity contribution >= 4 is 29.1 Å². The third kappa shape index (κ3) is 2.99. The normalized spacial score (nSPS) is 30.0. The van der Waals surface area contributed by atoms with E-state index in [4.69, 9.17) is 9.47 Å². The number of thioether (sulfide) groups is 1. The van der Waals surface area contributed by atoms with Crippen molar-refractivity contribution in [1.82, 2.24) is 4.98 Å². The number of rotatable bonds is 5. The Morgan fingerprint density at radius 3 is 2.93 bits per heavy atom. The summed E-state index contributed by atoms with van der Waals surface area (Å²) in [6, 6.07) is 7.97. The molecule has 7 heteroatoms. The van der Waals surface area contributed by atoms with E-state index in [-0.39, 0.29) is 23.4 Å². The lowest BCUT2D eigenvalue weighted by molar-refractivity contribution is -0.145. The summed E-state index contributed by atoms with van der Waals surface area (Å²) >= 11 is 3.21. The van der Waals surface area contributed by atoms with Crippen LogP contribution in [0.1, 0.15) is 42.5 Å². The molecule has 28 heavy (non-hydrogen) atoms. The van der Waals surface area contributed by atoms with Crippen molar-refractivity contribution in [2.24, 2.45) is 17.8 Å². The van der Waals surface area contributed by atoms with Gasteiger partial charge in [-0.25, -0.2) is 4.79 Å². The van der Waals surface area contributed by atoms with Crippen LogP contribution < -0.4 is 9.61 Å². The standard InChI is InChI=1S/C21H23NO4S2/c1-2-25-15(23)10-26-14-6-4-3-5-13(14)17-16-11-7-8-12(9-11)18(16)27-20-19(17)28-21(24)22-20/h3-6,11-12,16-18H,2,7-10H2,1H3,(H,22,24)/t11?,12?,16?,17-,18?/m1/s1. The number of para-hydroxylation sites is 1. The summed E-state index contributed by atoms with van der Waals surface area (Å²) in [5.41, 5.74) is 1.09. The van der Waals surface area contributed by atoms with Crippen molar-refractivity contribution in [1.29, 1.82) is 0 Å². The Hall–Kier alpha value is -1.73. The quantitative estimate of drug-likeness (QED) is 0.744. The molecule has 2 aliphatic carbocycles. The number of esters is 1. The maximum absolute atomic E-state index is 12.2. The number of nitrogens with one attached hydrogen (secondary N) is 1. The first-order valence-corrected chi connectivity index (χ1v) is 11.6. The fourth-order valence-electron chi connectivity index (χ4n) is 5.41. The number of H-pyrrole nitrogens is 1. The van der Waals surface area contributed by atoms with Gasteiger partial charge in [-0.3, -0.25) is 4.79 Å². The highest BCUT2D eigenvalue weighted by molar-refractivity contribution is 8.00. The molecule has 0 saturated heterocycles. The Morgan fingerprint density at radius 1 is 1.25 bits per heavy atom. The molecule has 0 radical (unpaired) electrons.